The van der Waals surface area contributed by atoms with E-state index in [0.717, 1.165) is 4.57 Å². The predicted molar refractivity (Wildman–Crippen MR) is 143 cm³/mol. The first kappa shape index (κ1) is 25.9. The Morgan fingerprint density at radius 3 is 2.23 bits per heavy atom. The molecule has 1 unspecified atom stereocenters. The molecule has 0 fully saturated rings. The summed E-state index contributed by atoms with van der Waals surface area (Å²) in [6.45, 7) is 3.35. The van der Waals surface area contributed by atoms with E-state index in [1.165, 1.54) is 30.7 Å². The maximum atomic E-state index is 14.0. The summed E-state index contributed by atoms with van der Waals surface area (Å²) in [5, 5.41) is 0. The molecule has 1 aromatic heterocycles. The summed E-state index contributed by atoms with van der Waals surface area (Å²) in [6.07, 6.45) is 0.237. The van der Waals surface area contributed by atoms with Crippen molar-refractivity contribution in [2.24, 2.45) is 14.1 Å². The van der Waals surface area contributed by atoms with Gasteiger partial charge >= 0.3 is 11.7 Å². The van der Waals surface area contributed by atoms with Crippen LogP contribution in [0.1, 0.15) is 59.7 Å². The van der Waals surface area contributed by atoms with Crippen molar-refractivity contribution in [2.75, 3.05) is 12.0 Å². The molecule has 2 aromatic carbocycles. The summed E-state index contributed by atoms with van der Waals surface area (Å²) in [7, 11) is 4.27. The molecule has 0 saturated carbocycles. The van der Waals surface area contributed by atoms with E-state index in [1.807, 2.05) is 0 Å². The fourth-order valence-electron chi connectivity index (χ4n) is 5.30. The van der Waals surface area contributed by atoms with Crippen LogP contribution in [0.15, 0.2) is 57.6 Å². The zero-order valence-corrected chi connectivity index (χ0v) is 22.2. The van der Waals surface area contributed by atoms with E-state index in [2.05, 4.69) is 0 Å². The van der Waals surface area contributed by atoms with Gasteiger partial charge in [-0.2, -0.15) is 0 Å². The average molecular weight is 530 g/mol. The molecular formula is C29H27N3O7. The Morgan fingerprint density at radius 1 is 0.897 bits per heavy atom. The number of fused-ring (bicyclic) bond motifs is 3. The average Bonchev–Trinajstić information content (AvgIpc) is 3.25. The van der Waals surface area contributed by atoms with E-state index >= 15 is 0 Å². The smallest absolute Gasteiger partial charge is 0.332 e. The van der Waals surface area contributed by atoms with Crippen LogP contribution in [0.4, 0.5) is 5.82 Å². The number of amides is 1. The third-order valence-corrected chi connectivity index (χ3v) is 7.19. The molecular weight excluding hydrogens is 502 g/mol. The number of methoxy groups -OCH3 is 1. The lowest BCUT2D eigenvalue weighted by Gasteiger charge is -2.36. The minimum atomic E-state index is -0.939. The fourth-order valence-corrected chi connectivity index (χ4v) is 5.30. The highest BCUT2D eigenvalue weighted by atomic mass is 16.6. The first-order valence-electron chi connectivity index (χ1n) is 12.6. The van der Waals surface area contributed by atoms with Crippen LogP contribution in [0.25, 0.3) is 5.70 Å². The van der Waals surface area contributed by atoms with Crippen LogP contribution in [-0.2, 0) is 23.7 Å². The number of aromatic nitrogens is 2. The standard InChI is InChI=1S/C29H27N3O7/c1-6-20(33)32-25-16-10-8-9-11-17(16)26(35)23(25)22(24-27(32)30(3)29(37)31(4)28(24)36)15-12-13-18(19(14-15)38-5)39-21(34)7-2/h8-14,22H,6-7H2,1-5H3. The van der Waals surface area contributed by atoms with E-state index in [9.17, 15) is 24.0 Å². The van der Waals surface area contributed by atoms with E-state index in [0.29, 0.717) is 22.4 Å². The number of carbonyl (C=O) groups is 3. The molecule has 1 amide bonds. The molecule has 0 radical (unpaired) electrons. The topological polar surface area (TPSA) is 117 Å². The first-order chi connectivity index (χ1) is 18.7. The maximum absolute atomic E-state index is 14.0. The monoisotopic (exact) mass is 529 g/mol. The number of benzene rings is 2. The zero-order chi connectivity index (χ0) is 28.2. The third kappa shape index (κ3) is 3.74. The first-order valence-corrected chi connectivity index (χ1v) is 12.6. The van der Waals surface area contributed by atoms with Crippen molar-refractivity contribution in [3.63, 3.8) is 0 Å². The lowest BCUT2D eigenvalue weighted by Crippen LogP contribution is -2.47. The predicted octanol–water partition coefficient (Wildman–Crippen LogP) is 2.90. The molecule has 1 aliphatic heterocycles. The summed E-state index contributed by atoms with van der Waals surface area (Å²) in [5.74, 6) is -1.54. The summed E-state index contributed by atoms with van der Waals surface area (Å²) < 4.78 is 13.1. The van der Waals surface area contributed by atoms with E-state index < -0.39 is 23.1 Å². The van der Waals surface area contributed by atoms with Gasteiger partial charge in [0.05, 0.1) is 18.4 Å². The number of hydrogen-bond acceptors (Lipinski definition) is 7. The van der Waals surface area contributed by atoms with Crippen LogP contribution in [0.5, 0.6) is 11.5 Å². The number of allylic oxidation sites excluding steroid dienone is 1. The molecule has 0 saturated heterocycles. The number of carbonyl (C=O) groups excluding carboxylic acids is 3. The molecule has 1 atom stereocenters. The minimum absolute atomic E-state index is 0.0754. The zero-order valence-electron chi connectivity index (χ0n) is 22.2. The highest BCUT2D eigenvalue weighted by Gasteiger charge is 2.47. The highest BCUT2D eigenvalue weighted by Crippen LogP contribution is 2.51. The van der Waals surface area contributed by atoms with Crippen molar-refractivity contribution < 1.29 is 23.9 Å². The Labute approximate surface area is 223 Å². The molecule has 3 aromatic rings. The largest absolute Gasteiger partial charge is 0.493 e. The van der Waals surface area contributed by atoms with Crippen molar-refractivity contribution in [1.82, 2.24) is 9.13 Å². The van der Waals surface area contributed by atoms with Gasteiger partial charge in [-0.15, -0.1) is 0 Å². The molecule has 2 aliphatic rings. The second-order valence-electron chi connectivity index (χ2n) is 9.33. The van der Waals surface area contributed by atoms with Crippen LogP contribution in [-0.4, -0.2) is 33.9 Å². The van der Waals surface area contributed by atoms with Gasteiger partial charge in [-0.05, 0) is 17.7 Å². The van der Waals surface area contributed by atoms with E-state index in [4.69, 9.17) is 9.47 Å². The summed E-state index contributed by atoms with van der Waals surface area (Å²) in [5.41, 5.74) is 0.930. The number of ketones is 1. The van der Waals surface area contributed by atoms with Gasteiger partial charge < -0.3 is 9.47 Å². The molecule has 0 N–H and O–H groups in total. The molecule has 1 aliphatic carbocycles. The summed E-state index contributed by atoms with van der Waals surface area (Å²) in [4.78, 5) is 67.6. The Hall–Kier alpha value is -4.73. The Bertz CT molecular complexity index is 1730. The van der Waals surface area contributed by atoms with Gasteiger partial charge in [0.1, 0.15) is 5.82 Å². The Kier molecular flexibility index (Phi) is 6.33. The van der Waals surface area contributed by atoms with Crippen molar-refractivity contribution >= 4 is 29.2 Å². The van der Waals surface area contributed by atoms with Gasteiger partial charge in [-0.1, -0.05) is 44.2 Å². The molecule has 10 heteroatoms. The van der Waals surface area contributed by atoms with Crippen molar-refractivity contribution in [3.8, 4) is 11.5 Å². The van der Waals surface area contributed by atoms with Gasteiger partial charge in [0.25, 0.3) is 5.56 Å². The lowest BCUT2D eigenvalue weighted by atomic mass is 9.80. The number of hydrogen-bond donors (Lipinski definition) is 0. The second kappa shape index (κ2) is 9.54. The van der Waals surface area contributed by atoms with E-state index in [-0.39, 0.29) is 53.0 Å². The number of esters is 1. The molecule has 5 rings (SSSR count). The number of rotatable bonds is 5. The highest BCUT2D eigenvalue weighted by molar-refractivity contribution is 6.27. The Morgan fingerprint density at radius 2 is 1.59 bits per heavy atom. The number of anilines is 1. The third-order valence-electron chi connectivity index (χ3n) is 7.19. The SMILES string of the molecule is CCC(=O)Oc1ccc(C2C3=C(c4ccccc4C3=O)N(C(=O)CC)c3c2c(=O)n(C)c(=O)n3C)cc1OC. The maximum Gasteiger partial charge on any atom is 0.332 e. The molecule has 200 valence electrons. The Balaban J connectivity index is 1.89. The quantitative estimate of drug-likeness (QED) is 0.369. The van der Waals surface area contributed by atoms with Gasteiger partial charge in [0.2, 0.25) is 5.91 Å². The number of Topliss-reactive ketones (excluding diaryl/α,β-unsaturated/α-hetero) is 1. The molecule has 39 heavy (non-hydrogen) atoms. The van der Waals surface area contributed by atoms with Crippen molar-refractivity contribution in [2.45, 2.75) is 32.6 Å². The van der Waals surface area contributed by atoms with Crippen molar-refractivity contribution in [1.29, 1.82) is 0 Å². The van der Waals surface area contributed by atoms with Crippen LogP contribution < -0.4 is 25.6 Å². The molecule has 10 nitrogen and oxygen atoms in total. The van der Waals surface area contributed by atoms with Crippen LogP contribution in [0, 0.1) is 0 Å². The van der Waals surface area contributed by atoms with E-state index in [1.54, 1.807) is 56.3 Å². The van der Waals surface area contributed by atoms with Crippen LogP contribution >= 0.6 is 0 Å². The van der Waals surface area contributed by atoms with Gasteiger partial charge in [0.15, 0.2) is 17.3 Å². The normalized spacial score (nSPS) is 15.6. The van der Waals surface area contributed by atoms with Crippen molar-refractivity contribution in [3.05, 3.63) is 91.1 Å². The summed E-state index contributed by atoms with van der Waals surface area (Å²) >= 11 is 0. The fraction of sp³-hybridized carbons (Fsp3) is 0.276. The van der Waals surface area contributed by atoms with Gasteiger partial charge in [0, 0.05) is 49.6 Å². The van der Waals surface area contributed by atoms with Crippen LogP contribution in [0.3, 0.4) is 0 Å². The number of nitrogens with zero attached hydrogens (tertiary/aromatic N) is 3. The number of ether oxygens (including phenoxy) is 2. The molecule has 0 spiro atoms. The lowest BCUT2D eigenvalue weighted by molar-refractivity contribution is -0.134. The van der Waals surface area contributed by atoms with Gasteiger partial charge in [-0.3, -0.25) is 33.2 Å². The van der Waals surface area contributed by atoms with Gasteiger partial charge in [-0.25, -0.2) is 4.79 Å². The minimum Gasteiger partial charge on any atom is -0.493 e. The molecule has 2 heterocycles. The van der Waals surface area contributed by atoms with Crippen LogP contribution in [0.2, 0.25) is 0 Å². The summed E-state index contributed by atoms with van der Waals surface area (Å²) in [6, 6.07) is 11.7. The molecule has 0 bridgehead atoms. The second-order valence-corrected chi connectivity index (χ2v) is 9.33.